The van der Waals surface area contributed by atoms with Crippen molar-refractivity contribution in [3.63, 3.8) is 0 Å². The molecular weight excluding hydrogens is 296 g/mol. The van der Waals surface area contributed by atoms with Gasteiger partial charge in [0.1, 0.15) is 0 Å². The first kappa shape index (κ1) is 17.3. The van der Waals surface area contributed by atoms with Gasteiger partial charge in [0.2, 0.25) is 10.0 Å². The molecule has 0 bridgehead atoms. The molecule has 0 aliphatic heterocycles. The minimum absolute atomic E-state index is 0.280. The fraction of sp³-hybridized carbons (Fsp3) is 0.538. The Balaban J connectivity index is 3.08. The van der Waals surface area contributed by atoms with Gasteiger partial charge in [0.25, 0.3) is 0 Å². The topological polar surface area (TPSA) is 58.6 Å². The quantitative estimate of drug-likeness (QED) is 0.703. The van der Waals surface area contributed by atoms with E-state index in [2.05, 4.69) is 11.9 Å². The Morgan fingerprint density at radius 3 is 2.80 bits per heavy atom. The molecule has 1 rings (SSSR count). The first-order chi connectivity index (χ1) is 9.47. The highest BCUT2D eigenvalue weighted by atomic mass is 32.2. The molecule has 0 aromatic carbocycles. The zero-order valence-electron chi connectivity index (χ0n) is 12.2. The normalized spacial score (nSPS) is 12.0. The third kappa shape index (κ3) is 4.13. The highest BCUT2D eigenvalue weighted by Crippen LogP contribution is 2.28. The summed E-state index contributed by atoms with van der Waals surface area (Å²) in [6, 6.07) is 1.74. The molecule has 0 unspecified atom stereocenters. The molecule has 0 saturated heterocycles. The van der Waals surface area contributed by atoms with Crippen molar-refractivity contribution in [1.82, 2.24) is 9.62 Å². The number of thiophene rings is 1. The Bertz CT molecular complexity index is 538. The molecule has 7 heteroatoms. The molecule has 0 saturated carbocycles. The molecule has 1 aromatic heterocycles. The lowest BCUT2D eigenvalue weighted by Crippen LogP contribution is -2.34. The van der Waals surface area contributed by atoms with Crippen molar-refractivity contribution < 1.29 is 13.2 Å². The standard InChI is InChI=1S/C13H22N2O3S2/c1-5-6-15(7-8-18-4)20(16,17)13-9-12(10-14-3)19-11(13)2/h5,9,14H,1,6-8,10H2,2-4H3. The number of hydrogen-bond acceptors (Lipinski definition) is 5. The summed E-state index contributed by atoms with van der Waals surface area (Å²) in [6.45, 7) is 7.08. The van der Waals surface area contributed by atoms with Gasteiger partial charge in [-0.1, -0.05) is 6.08 Å². The van der Waals surface area contributed by atoms with Crippen LogP contribution in [-0.2, 0) is 21.3 Å². The van der Waals surface area contributed by atoms with Gasteiger partial charge in [-0.05, 0) is 20.0 Å². The SMILES string of the molecule is C=CCN(CCOC)S(=O)(=O)c1cc(CNC)sc1C. The summed E-state index contributed by atoms with van der Waals surface area (Å²) in [6.07, 6.45) is 1.59. The summed E-state index contributed by atoms with van der Waals surface area (Å²) < 4.78 is 31.7. The van der Waals surface area contributed by atoms with Gasteiger partial charge in [0, 0.05) is 36.5 Å². The van der Waals surface area contributed by atoms with Crippen molar-refractivity contribution >= 4 is 21.4 Å². The van der Waals surface area contributed by atoms with E-state index in [1.165, 1.54) is 15.6 Å². The summed E-state index contributed by atoms with van der Waals surface area (Å²) in [5, 5.41) is 3.03. The van der Waals surface area contributed by atoms with Crippen LogP contribution < -0.4 is 5.32 Å². The van der Waals surface area contributed by atoms with Gasteiger partial charge in [-0.15, -0.1) is 17.9 Å². The summed E-state index contributed by atoms with van der Waals surface area (Å²) in [7, 11) is -0.105. The van der Waals surface area contributed by atoms with Crippen molar-refractivity contribution in [2.24, 2.45) is 0 Å². The van der Waals surface area contributed by atoms with Crippen molar-refractivity contribution in [3.05, 3.63) is 28.5 Å². The van der Waals surface area contributed by atoms with E-state index in [0.29, 0.717) is 24.6 Å². The summed E-state index contributed by atoms with van der Waals surface area (Å²) in [5.41, 5.74) is 0. The summed E-state index contributed by atoms with van der Waals surface area (Å²) in [4.78, 5) is 2.20. The van der Waals surface area contributed by atoms with E-state index in [1.54, 1.807) is 19.3 Å². The van der Waals surface area contributed by atoms with E-state index >= 15 is 0 Å². The molecule has 114 valence electrons. The molecule has 0 radical (unpaired) electrons. The Kier molecular flexibility index (Phi) is 6.84. The first-order valence-corrected chi connectivity index (χ1v) is 8.57. The highest BCUT2D eigenvalue weighted by Gasteiger charge is 2.26. The molecule has 0 aliphatic carbocycles. The minimum atomic E-state index is -3.50. The molecule has 0 fully saturated rings. The average molecular weight is 318 g/mol. The van der Waals surface area contributed by atoms with Gasteiger partial charge in [-0.2, -0.15) is 4.31 Å². The molecule has 1 N–H and O–H groups in total. The molecule has 0 atom stereocenters. The van der Waals surface area contributed by atoms with E-state index < -0.39 is 10.0 Å². The second kappa shape index (κ2) is 7.90. The van der Waals surface area contributed by atoms with Crippen molar-refractivity contribution in [1.29, 1.82) is 0 Å². The number of sulfonamides is 1. The number of aryl methyl sites for hydroxylation is 1. The van der Waals surface area contributed by atoms with Crippen LogP contribution in [-0.4, -0.2) is 46.6 Å². The molecule has 0 amide bonds. The predicted molar refractivity (Wildman–Crippen MR) is 82.7 cm³/mol. The van der Waals surface area contributed by atoms with Gasteiger partial charge in [-0.3, -0.25) is 0 Å². The lowest BCUT2D eigenvalue weighted by molar-refractivity contribution is 0.182. The Hall–Kier alpha value is -0.730. The monoisotopic (exact) mass is 318 g/mol. The number of rotatable bonds is 9. The largest absolute Gasteiger partial charge is 0.383 e. The molecule has 20 heavy (non-hydrogen) atoms. The fourth-order valence-electron chi connectivity index (χ4n) is 1.83. The highest BCUT2D eigenvalue weighted by molar-refractivity contribution is 7.89. The second-order valence-corrected chi connectivity index (χ2v) is 7.56. The Morgan fingerprint density at radius 2 is 2.25 bits per heavy atom. The van der Waals surface area contributed by atoms with E-state index in [0.717, 1.165) is 9.75 Å². The Morgan fingerprint density at radius 1 is 1.55 bits per heavy atom. The maximum atomic E-state index is 12.7. The lowest BCUT2D eigenvalue weighted by atomic mass is 10.4. The van der Waals surface area contributed by atoms with Crippen molar-refractivity contribution in [3.8, 4) is 0 Å². The van der Waals surface area contributed by atoms with Crippen LogP contribution in [0, 0.1) is 6.92 Å². The smallest absolute Gasteiger partial charge is 0.244 e. The van der Waals surface area contributed by atoms with Crippen LogP contribution in [0.4, 0.5) is 0 Å². The number of hydrogen-bond donors (Lipinski definition) is 1. The van der Waals surface area contributed by atoms with E-state index in [4.69, 9.17) is 4.74 Å². The van der Waals surface area contributed by atoms with E-state index in [1.807, 2.05) is 14.0 Å². The van der Waals surface area contributed by atoms with Crippen LogP contribution >= 0.6 is 11.3 Å². The molecule has 5 nitrogen and oxygen atoms in total. The summed E-state index contributed by atoms with van der Waals surface area (Å²) >= 11 is 1.50. The maximum absolute atomic E-state index is 12.7. The van der Waals surface area contributed by atoms with Crippen LogP contribution in [0.15, 0.2) is 23.6 Å². The average Bonchev–Trinajstić information content (AvgIpc) is 2.76. The molecule has 0 aliphatic rings. The van der Waals surface area contributed by atoms with E-state index in [-0.39, 0.29) is 6.54 Å². The first-order valence-electron chi connectivity index (χ1n) is 6.31. The van der Waals surface area contributed by atoms with Gasteiger partial charge in [0.05, 0.1) is 11.5 Å². The maximum Gasteiger partial charge on any atom is 0.244 e. The second-order valence-electron chi connectivity index (χ2n) is 4.31. The summed E-state index contributed by atoms with van der Waals surface area (Å²) in [5.74, 6) is 0. The van der Waals surface area contributed by atoms with Crippen LogP contribution in [0.25, 0.3) is 0 Å². The van der Waals surface area contributed by atoms with E-state index in [9.17, 15) is 8.42 Å². The van der Waals surface area contributed by atoms with Gasteiger partial charge >= 0.3 is 0 Å². The number of nitrogens with one attached hydrogen (secondary N) is 1. The van der Waals surface area contributed by atoms with Crippen LogP contribution in [0.1, 0.15) is 9.75 Å². The van der Waals surface area contributed by atoms with Crippen LogP contribution in [0.5, 0.6) is 0 Å². The van der Waals surface area contributed by atoms with Crippen molar-refractivity contribution in [2.45, 2.75) is 18.4 Å². The van der Waals surface area contributed by atoms with Crippen molar-refractivity contribution in [2.75, 3.05) is 33.9 Å². The minimum Gasteiger partial charge on any atom is -0.383 e. The number of methoxy groups -OCH3 is 1. The number of nitrogens with zero attached hydrogens (tertiary/aromatic N) is 1. The third-order valence-electron chi connectivity index (χ3n) is 2.77. The zero-order chi connectivity index (χ0) is 15.2. The van der Waals surface area contributed by atoms with Gasteiger partial charge in [-0.25, -0.2) is 8.42 Å². The molecular formula is C13H22N2O3S2. The third-order valence-corrected chi connectivity index (χ3v) is 5.94. The zero-order valence-corrected chi connectivity index (χ0v) is 13.8. The molecule has 1 heterocycles. The molecule has 1 aromatic rings. The molecule has 0 spiro atoms. The van der Waals surface area contributed by atoms with Gasteiger partial charge in [0.15, 0.2) is 0 Å². The predicted octanol–water partition coefficient (Wildman–Crippen LogP) is 1.60. The van der Waals surface area contributed by atoms with Crippen LogP contribution in [0.3, 0.4) is 0 Å². The Labute approximate surface area is 125 Å². The fourth-order valence-corrected chi connectivity index (χ4v) is 4.84. The van der Waals surface area contributed by atoms with Crippen LogP contribution in [0.2, 0.25) is 0 Å². The number of ether oxygens (including phenoxy) is 1. The lowest BCUT2D eigenvalue weighted by Gasteiger charge is -2.20. The van der Waals surface area contributed by atoms with Gasteiger partial charge < -0.3 is 10.1 Å².